The lowest BCUT2D eigenvalue weighted by Crippen LogP contribution is -2.13. The quantitative estimate of drug-likeness (QED) is 0.622. The average molecular weight is 444 g/mol. The number of carbonyl (C=O) groups excluding carboxylic acids is 2. The van der Waals surface area contributed by atoms with Crippen molar-refractivity contribution >= 4 is 40.5 Å². The van der Waals surface area contributed by atoms with Gasteiger partial charge in [-0.1, -0.05) is 23.7 Å². The number of benzene rings is 1. The Hall–Kier alpha value is -3.04. The predicted molar refractivity (Wildman–Crippen MR) is 114 cm³/mol. The van der Waals surface area contributed by atoms with E-state index < -0.39 is 17.9 Å². The van der Waals surface area contributed by atoms with Crippen molar-refractivity contribution in [3.05, 3.63) is 62.5 Å². The summed E-state index contributed by atoms with van der Waals surface area (Å²) < 4.78 is 6.70. The second-order valence-corrected chi connectivity index (χ2v) is 8.26. The van der Waals surface area contributed by atoms with Crippen LogP contribution in [0.5, 0.6) is 0 Å². The molecule has 0 spiro atoms. The van der Waals surface area contributed by atoms with E-state index in [4.69, 9.17) is 27.1 Å². The molecule has 0 saturated heterocycles. The van der Waals surface area contributed by atoms with E-state index in [1.54, 1.807) is 12.1 Å². The molecule has 0 saturated carbocycles. The van der Waals surface area contributed by atoms with Crippen LogP contribution in [0, 0.1) is 13.8 Å². The Kier molecular flexibility index (Phi) is 5.17. The van der Waals surface area contributed by atoms with E-state index in [0.29, 0.717) is 32.8 Å². The van der Waals surface area contributed by atoms with Crippen molar-refractivity contribution in [2.45, 2.75) is 26.3 Å². The number of carbonyl (C=O) groups is 2. The highest BCUT2D eigenvalue weighted by molar-refractivity contribution is 7.17. The van der Waals surface area contributed by atoms with Gasteiger partial charge in [-0.05, 0) is 31.5 Å². The highest BCUT2D eigenvalue weighted by Gasteiger charge is 2.33. The molecule has 1 aliphatic rings. The molecule has 1 aliphatic heterocycles. The number of aliphatic imine (C=N–C) groups is 1. The lowest BCUT2D eigenvalue weighted by atomic mass is 9.99. The SMILES string of the molecule is COC(=O)CC1N=C(c2ccc(Cl)cc2)c2c(sc(C(N)=O)c2C)-n2c(C)nnc21. The third-order valence-electron chi connectivity index (χ3n) is 4.93. The second-order valence-electron chi connectivity index (χ2n) is 6.82. The molecule has 1 atom stereocenters. The van der Waals surface area contributed by atoms with Crippen molar-refractivity contribution < 1.29 is 14.3 Å². The molecule has 10 heteroatoms. The van der Waals surface area contributed by atoms with Crippen LogP contribution in [-0.4, -0.2) is 39.5 Å². The van der Waals surface area contributed by atoms with Crippen LogP contribution in [-0.2, 0) is 9.53 Å². The van der Waals surface area contributed by atoms with Crippen molar-refractivity contribution in [1.82, 2.24) is 14.8 Å². The van der Waals surface area contributed by atoms with Crippen LogP contribution in [0.4, 0.5) is 0 Å². The second kappa shape index (κ2) is 7.66. The molecule has 0 aliphatic carbocycles. The summed E-state index contributed by atoms with van der Waals surface area (Å²) in [4.78, 5) is 29.5. The molecule has 2 aromatic heterocycles. The average Bonchev–Trinajstić information content (AvgIpc) is 3.21. The Morgan fingerprint density at radius 2 is 1.93 bits per heavy atom. The highest BCUT2D eigenvalue weighted by Crippen LogP contribution is 2.39. The number of nitrogens with zero attached hydrogens (tertiary/aromatic N) is 4. The molecule has 1 aromatic carbocycles. The molecule has 8 nitrogen and oxygen atoms in total. The molecule has 3 aromatic rings. The number of aromatic nitrogens is 3. The van der Waals surface area contributed by atoms with Crippen LogP contribution >= 0.6 is 22.9 Å². The van der Waals surface area contributed by atoms with Gasteiger partial charge in [0.05, 0.1) is 24.1 Å². The Labute approximate surface area is 181 Å². The van der Waals surface area contributed by atoms with Crippen LogP contribution in [0.25, 0.3) is 5.00 Å². The summed E-state index contributed by atoms with van der Waals surface area (Å²) >= 11 is 7.33. The van der Waals surface area contributed by atoms with Gasteiger partial charge < -0.3 is 10.5 Å². The molecule has 30 heavy (non-hydrogen) atoms. The number of methoxy groups -OCH3 is 1. The molecule has 0 bridgehead atoms. The molecule has 4 rings (SSSR count). The summed E-state index contributed by atoms with van der Waals surface area (Å²) in [6.45, 7) is 3.64. The zero-order valence-corrected chi connectivity index (χ0v) is 18.0. The Morgan fingerprint density at radius 3 is 2.57 bits per heavy atom. The number of fused-ring (bicyclic) bond motifs is 3. The fraction of sp³-hybridized carbons (Fsp3) is 0.250. The number of halogens is 1. The number of amides is 1. The molecule has 2 N–H and O–H groups in total. The topological polar surface area (TPSA) is 112 Å². The largest absolute Gasteiger partial charge is 0.469 e. The first kappa shape index (κ1) is 20.2. The number of ether oxygens (including phenoxy) is 1. The maximum absolute atomic E-state index is 12.1. The van der Waals surface area contributed by atoms with Gasteiger partial charge in [0.1, 0.15) is 16.9 Å². The Morgan fingerprint density at radius 1 is 1.23 bits per heavy atom. The molecule has 0 fully saturated rings. The maximum Gasteiger partial charge on any atom is 0.308 e. The third-order valence-corrected chi connectivity index (χ3v) is 6.47. The van der Waals surface area contributed by atoms with E-state index in [1.165, 1.54) is 18.4 Å². The van der Waals surface area contributed by atoms with E-state index in [9.17, 15) is 9.59 Å². The van der Waals surface area contributed by atoms with E-state index in [1.807, 2.05) is 30.5 Å². The zero-order chi connectivity index (χ0) is 21.6. The van der Waals surface area contributed by atoms with Gasteiger partial charge in [-0.3, -0.25) is 19.1 Å². The molecule has 1 amide bonds. The van der Waals surface area contributed by atoms with Crippen molar-refractivity contribution in [2.75, 3.05) is 7.11 Å². The number of thiophene rings is 1. The number of rotatable bonds is 4. The van der Waals surface area contributed by atoms with E-state index >= 15 is 0 Å². The number of aryl methyl sites for hydroxylation is 1. The first-order chi connectivity index (χ1) is 14.3. The first-order valence-corrected chi connectivity index (χ1v) is 10.3. The standard InChI is InChI=1S/C20H18ClN5O3S/c1-9-15-16(11-4-6-12(21)7-5-11)23-13(8-14(27)29-3)19-25-24-10(2)26(19)20(15)30-17(9)18(22)28/h4-7,13H,8H2,1-3H3,(H2,22,28). The van der Waals surface area contributed by atoms with E-state index in [2.05, 4.69) is 10.2 Å². The number of primary amides is 1. The molecule has 1 unspecified atom stereocenters. The van der Waals surface area contributed by atoms with E-state index in [0.717, 1.165) is 16.1 Å². The highest BCUT2D eigenvalue weighted by atomic mass is 35.5. The Balaban J connectivity index is 2.04. The van der Waals surface area contributed by atoms with Gasteiger partial charge >= 0.3 is 5.97 Å². The normalized spacial score (nSPS) is 15.1. The summed E-state index contributed by atoms with van der Waals surface area (Å²) in [6.07, 6.45) is 0.00237. The van der Waals surface area contributed by atoms with Crippen LogP contribution in [0.2, 0.25) is 5.02 Å². The number of nitrogens with two attached hydrogens (primary N) is 1. The van der Waals surface area contributed by atoms with Crippen LogP contribution in [0.15, 0.2) is 29.3 Å². The van der Waals surface area contributed by atoms with Gasteiger partial charge in [-0.25, -0.2) is 0 Å². The number of hydrogen-bond acceptors (Lipinski definition) is 7. The van der Waals surface area contributed by atoms with E-state index in [-0.39, 0.29) is 6.42 Å². The lowest BCUT2D eigenvalue weighted by Gasteiger charge is -2.11. The number of esters is 1. The molecular weight excluding hydrogens is 426 g/mol. The van der Waals surface area contributed by atoms with Crippen LogP contribution in [0.1, 0.15) is 50.5 Å². The summed E-state index contributed by atoms with van der Waals surface area (Å²) in [6, 6.07) is 6.61. The first-order valence-electron chi connectivity index (χ1n) is 9.08. The minimum Gasteiger partial charge on any atom is -0.469 e. The third kappa shape index (κ3) is 3.29. The summed E-state index contributed by atoms with van der Waals surface area (Å²) in [5.74, 6) is 0.192. The van der Waals surface area contributed by atoms with Gasteiger partial charge in [0, 0.05) is 16.1 Å². The van der Waals surface area contributed by atoms with Crippen molar-refractivity contribution in [1.29, 1.82) is 0 Å². The fourth-order valence-electron chi connectivity index (χ4n) is 3.50. The maximum atomic E-state index is 12.1. The van der Waals surface area contributed by atoms with Crippen LogP contribution in [0.3, 0.4) is 0 Å². The fourth-order valence-corrected chi connectivity index (χ4v) is 4.84. The number of hydrogen-bond donors (Lipinski definition) is 1. The Bertz CT molecular complexity index is 1200. The van der Waals surface area contributed by atoms with Gasteiger partial charge in [0.2, 0.25) is 0 Å². The predicted octanol–water partition coefficient (Wildman–Crippen LogP) is 3.15. The molecule has 0 radical (unpaired) electrons. The van der Waals surface area contributed by atoms with Gasteiger partial charge in [-0.2, -0.15) is 0 Å². The monoisotopic (exact) mass is 443 g/mol. The molecule has 3 heterocycles. The summed E-state index contributed by atoms with van der Waals surface area (Å²) in [5, 5.41) is 9.78. The smallest absolute Gasteiger partial charge is 0.308 e. The van der Waals surface area contributed by atoms with Crippen LogP contribution < -0.4 is 5.73 Å². The lowest BCUT2D eigenvalue weighted by molar-refractivity contribution is -0.141. The van der Waals surface area contributed by atoms with Crippen molar-refractivity contribution in [2.24, 2.45) is 10.7 Å². The van der Waals surface area contributed by atoms with Crippen molar-refractivity contribution in [3.63, 3.8) is 0 Å². The van der Waals surface area contributed by atoms with Gasteiger partial charge in [0.15, 0.2) is 5.82 Å². The minimum absolute atomic E-state index is 0.00237. The van der Waals surface area contributed by atoms with Crippen molar-refractivity contribution in [3.8, 4) is 5.00 Å². The summed E-state index contributed by atoms with van der Waals surface area (Å²) in [7, 11) is 1.33. The summed E-state index contributed by atoms with van der Waals surface area (Å²) in [5.41, 5.74) is 8.52. The minimum atomic E-state index is -0.611. The zero-order valence-electron chi connectivity index (χ0n) is 16.5. The molecular formula is C20H18ClN5O3S. The molecule has 154 valence electrons. The van der Waals surface area contributed by atoms with Gasteiger partial charge in [0.25, 0.3) is 5.91 Å². The van der Waals surface area contributed by atoms with Gasteiger partial charge in [-0.15, -0.1) is 21.5 Å².